The van der Waals surface area contributed by atoms with Gasteiger partial charge in [-0.2, -0.15) is 0 Å². The van der Waals surface area contributed by atoms with Crippen LogP contribution in [0.2, 0.25) is 0 Å². The molecule has 2 rings (SSSR count). The normalized spacial score (nSPS) is 20.9. The molecule has 0 heterocycles. The number of hydrogen-bond donors (Lipinski definition) is 2. The molecular formula is C10H14NOP. The fraction of sp³-hybridized carbons (Fsp3) is 0.400. The number of benzene rings is 1. The number of hydrogen-bond acceptors (Lipinski definition) is 2. The minimum Gasteiger partial charge on any atom is -0.393 e. The Kier molecular flexibility index (Phi) is 2.52. The lowest BCUT2D eigenvalue weighted by molar-refractivity contribution is 0.159. The maximum absolute atomic E-state index is 9.54. The lowest BCUT2D eigenvalue weighted by Crippen LogP contribution is -2.19. The van der Waals surface area contributed by atoms with Gasteiger partial charge in [-0.25, -0.2) is 0 Å². The highest BCUT2D eigenvalue weighted by Gasteiger charge is 2.18. The van der Waals surface area contributed by atoms with E-state index in [0.717, 1.165) is 24.9 Å². The molecule has 3 heteroatoms. The number of nitrogens with one attached hydrogen (secondary N) is 1. The van der Waals surface area contributed by atoms with E-state index >= 15 is 0 Å². The van der Waals surface area contributed by atoms with Crippen LogP contribution in [0.15, 0.2) is 18.2 Å². The molecule has 1 aromatic rings. The van der Waals surface area contributed by atoms with E-state index in [1.807, 2.05) is 6.07 Å². The first-order valence-electron chi connectivity index (χ1n) is 4.56. The summed E-state index contributed by atoms with van der Waals surface area (Å²) in [6.07, 6.45) is 2.52. The van der Waals surface area contributed by atoms with E-state index in [1.54, 1.807) is 0 Å². The van der Waals surface area contributed by atoms with Crippen LogP contribution in [0.3, 0.4) is 0 Å². The first kappa shape index (κ1) is 8.98. The molecule has 2 nitrogen and oxygen atoms in total. The lowest BCUT2D eigenvalue weighted by atomic mass is 9.89. The third-order valence-electron chi connectivity index (χ3n) is 2.62. The van der Waals surface area contributed by atoms with E-state index in [-0.39, 0.29) is 6.10 Å². The summed E-state index contributed by atoms with van der Waals surface area (Å²) in [7, 11) is 2.50. The Labute approximate surface area is 80.6 Å². The molecule has 0 spiro atoms. The van der Waals surface area contributed by atoms with E-state index in [1.165, 1.54) is 11.1 Å². The van der Waals surface area contributed by atoms with E-state index in [0.29, 0.717) is 0 Å². The zero-order valence-corrected chi connectivity index (χ0v) is 8.61. The second-order valence-corrected chi connectivity index (χ2v) is 3.77. The summed E-state index contributed by atoms with van der Waals surface area (Å²) in [4.78, 5) is 0. The molecule has 13 heavy (non-hydrogen) atoms. The number of fused-ring (bicyclic) bond motifs is 1. The molecule has 70 valence electrons. The molecule has 2 unspecified atom stereocenters. The monoisotopic (exact) mass is 195 g/mol. The van der Waals surface area contributed by atoms with Crippen LogP contribution in [-0.2, 0) is 12.8 Å². The number of aliphatic hydroxyl groups is 1. The third-order valence-corrected chi connectivity index (χ3v) is 2.93. The minimum absolute atomic E-state index is 0.160. The maximum Gasteiger partial charge on any atom is 0.0584 e. The minimum atomic E-state index is -0.160. The van der Waals surface area contributed by atoms with Crippen molar-refractivity contribution in [3.8, 4) is 0 Å². The Bertz CT molecular complexity index is 300. The highest BCUT2D eigenvalue weighted by molar-refractivity contribution is 7.18. The van der Waals surface area contributed by atoms with Crippen molar-refractivity contribution in [2.75, 3.05) is 5.09 Å². The van der Waals surface area contributed by atoms with Gasteiger partial charge in [-0.1, -0.05) is 12.1 Å². The molecule has 0 bridgehead atoms. The van der Waals surface area contributed by atoms with E-state index in [9.17, 15) is 5.11 Å². The van der Waals surface area contributed by atoms with Crippen molar-refractivity contribution in [3.63, 3.8) is 0 Å². The van der Waals surface area contributed by atoms with Crippen LogP contribution in [0.25, 0.3) is 0 Å². The topological polar surface area (TPSA) is 32.3 Å². The Morgan fingerprint density at radius 3 is 3.08 bits per heavy atom. The van der Waals surface area contributed by atoms with Crippen LogP contribution in [0.4, 0.5) is 5.69 Å². The van der Waals surface area contributed by atoms with Crippen LogP contribution in [0, 0.1) is 0 Å². The molecule has 2 atom stereocenters. The lowest BCUT2D eigenvalue weighted by Gasteiger charge is -2.22. The van der Waals surface area contributed by atoms with Gasteiger partial charge in [0.15, 0.2) is 0 Å². The smallest absolute Gasteiger partial charge is 0.0584 e. The first-order valence-corrected chi connectivity index (χ1v) is 5.14. The summed E-state index contributed by atoms with van der Waals surface area (Å²) in [5.74, 6) is 0. The Morgan fingerprint density at radius 1 is 1.46 bits per heavy atom. The Hall–Kier alpha value is -0.590. The number of aliphatic hydroxyl groups excluding tert-OH is 1. The van der Waals surface area contributed by atoms with Gasteiger partial charge < -0.3 is 10.2 Å². The molecule has 0 aliphatic heterocycles. The van der Waals surface area contributed by atoms with Crippen molar-refractivity contribution in [2.24, 2.45) is 0 Å². The van der Waals surface area contributed by atoms with Crippen molar-refractivity contribution in [1.82, 2.24) is 0 Å². The van der Waals surface area contributed by atoms with Gasteiger partial charge in [0.05, 0.1) is 6.10 Å². The highest BCUT2D eigenvalue weighted by Crippen LogP contribution is 2.28. The third kappa shape index (κ3) is 1.70. The van der Waals surface area contributed by atoms with Gasteiger partial charge in [0.1, 0.15) is 0 Å². The molecule has 0 saturated carbocycles. The molecule has 0 fully saturated rings. The van der Waals surface area contributed by atoms with Crippen molar-refractivity contribution >= 4 is 15.1 Å². The Morgan fingerprint density at radius 2 is 2.31 bits per heavy atom. The summed E-state index contributed by atoms with van der Waals surface area (Å²) < 4.78 is 0. The van der Waals surface area contributed by atoms with Gasteiger partial charge in [0, 0.05) is 12.1 Å². The van der Waals surface area contributed by atoms with Gasteiger partial charge in [-0.05, 0) is 39.4 Å². The average Bonchev–Trinajstić information content (AvgIpc) is 2.17. The highest BCUT2D eigenvalue weighted by atomic mass is 31.0. The van der Waals surface area contributed by atoms with E-state index in [4.69, 9.17) is 0 Å². The molecule has 1 aliphatic carbocycles. The summed E-state index contributed by atoms with van der Waals surface area (Å²) in [5.41, 5.74) is 3.77. The molecular weight excluding hydrogens is 181 g/mol. The zero-order valence-electron chi connectivity index (χ0n) is 7.46. The molecule has 0 saturated heterocycles. The van der Waals surface area contributed by atoms with Crippen LogP contribution in [0.5, 0.6) is 0 Å². The van der Waals surface area contributed by atoms with Crippen LogP contribution in [0.1, 0.15) is 17.5 Å². The van der Waals surface area contributed by atoms with Crippen molar-refractivity contribution in [1.29, 1.82) is 0 Å². The predicted molar refractivity (Wildman–Crippen MR) is 57.8 cm³/mol. The van der Waals surface area contributed by atoms with Crippen LogP contribution < -0.4 is 5.09 Å². The summed E-state index contributed by atoms with van der Waals surface area (Å²) in [5, 5.41) is 12.6. The second kappa shape index (κ2) is 3.65. The molecule has 0 aromatic heterocycles. The van der Waals surface area contributed by atoms with Crippen LogP contribution in [-0.4, -0.2) is 11.2 Å². The van der Waals surface area contributed by atoms with Gasteiger partial charge >= 0.3 is 0 Å². The quantitative estimate of drug-likeness (QED) is 0.669. The summed E-state index contributed by atoms with van der Waals surface area (Å²) in [6.45, 7) is 0. The zero-order chi connectivity index (χ0) is 9.26. The van der Waals surface area contributed by atoms with Gasteiger partial charge in [0.25, 0.3) is 0 Å². The van der Waals surface area contributed by atoms with Crippen molar-refractivity contribution in [3.05, 3.63) is 29.3 Å². The molecule has 1 aromatic carbocycles. The molecule has 0 radical (unpaired) electrons. The van der Waals surface area contributed by atoms with Gasteiger partial charge in [-0.15, -0.1) is 0 Å². The number of aryl methyl sites for hydroxylation is 1. The molecule has 2 N–H and O–H groups in total. The predicted octanol–water partition coefficient (Wildman–Crippen LogP) is 1.74. The summed E-state index contributed by atoms with van der Waals surface area (Å²) in [6, 6.07) is 6.25. The van der Waals surface area contributed by atoms with Gasteiger partial charge in [0.2, 0.25) is 0 Å². The first-order chi connectivity index (χ1) is 6.31. The van der Waals surface area contributed by atoms with Crippen molar-refractivity contribution in [2.45, 2.75) is 25.4 Å². The van der Waals surface area contributed by atoms with Crippen LogP contribution >= 0.6 is 9.39 Å². The number of rotatable bonds is 1. The largest absolute Gasteiger partial charge is 0.393 e. The number of anilines is 1. The molecule has 0 amide bonds. The fourth-order valence-electron chi connectivity index (χ4n) is 1.90. The van der Waals surface area contributed by atoms with Gasteiger partial charge in [-0.3, -0.25) is 0 Å². The van der Waals surface area contributed by atoms with E-state index in [2.05, 4.69) is 26.6 Å². The maximum atomic E-state index is 9.54. The fourth-order valence-corrected chi connectivity index (χ4v) is 2.18. The average molecular weight is 195 g/mol. The van der Waals surface area contributed by atoms with E-state index < -0.39 is 0 Å². The summed E-state index contributed by atoms with van der Waals surface area (Å²) >= 11 is 0. The Balaban J connectivity index is 2.41. The second-order valence-electron chi connectivity index (χ2n) is 3.48. The molecule has 1 aliphatic rings. The van der Waals surface area contributed by atoms with Crippen molar-refractivity contribution < 1.29 is 5.11 Å². The SMILES string of the molecule is OC1CCc2cccc(NP)c2C1. The standard InChI is InChI=1S/C10H14NOP/c12-8-5-4-7-2-1-3-10(11-13)9(7)6-8/h1-3,8,11-12H,4-6,13H2.